The highest BCUT2D eigenvalue weighted by molar-refractivity contribution is 7.13. The molecule has 2 aromatic heterocycles. The molecule has 0 aromatic carbocycles. The minimum Gasteiger partial charge on any atom is -0.467 e. The van der Waals surface area contributed by atoms with Crippen molar-refractivity contribution in [2.75, 3.05) is 19.5 Å². The summed E-state index contributed by atoms with van der Waals surface area (Å²) in [6.07, 6.45) is 0. The second kappa shape index (κ2) is 4.44. The molecule has 0 amide bonds. The summed E-state index contributed by atoms with van der Waals surface area (Å²) in [6.45, 7) is 2.03. The summed E-state index contributed by atoms with van der Waals surface area (Å²) in [4.78, 5) is 13.6. The van der Waals surface area contributed by atoms with Gasteiger partial charge in [0.05, 0.1) is 12.0 Å². The van der Waals surface area contributed by atoms with Crippen LogP contribution in [0.4, 0.5) is 5.95 Å². The summed E-state index contributed by atoms with van der Waals surface area (Å²) in [7, 11) is 3.31. The SMILES string of the molecule is CNc1nc(OC)nc(-c2sccc2C)n1. The number of nitrogens with one attached hydrogen (secondary N) is 1. The van der Waals surface area contributed by atoms with E-state index in [0.29, 0.717) is 17.8 Å². The number of nitrogens with zero attached hydrogens (tertiary/aromatic N) is 3. The Morgan fingerprint density at radius 1 is 1.31 bits per heavy atom. The third kappa shape index (κ3) is 1.96. The summed E-state index contributed by atoms with van der Waals surface area (Å²) in [5, 5.41) is 4.90. The lowest BCUT2D eigenvalue weighted by Gasteiger charge is -2.04. The molecule has 0 bridgehead atoms. The topological polar surface area (TPSA) is 59.9 Å². The Morgan fingerprint density at radius 3 is 2.69 bits per heavy atom. The van der Waals surface area contributed by atoms with Gasteiger partial charge in [0.15, 0.2) is 5.82 Å². The number of aryl methyl sites for hydroxylation is 1. The molecule has 0 unspecified atom stereocenters. The lowest BCUT2D eigenvalue weighted by molar-refractivity contribution is 0.379. The standard InChI is InChI=1S/C10H12N4OS/c1-6-4-5-16-7(6)8-12-9(11-2)14-10(13-8)15-3/h4-5H,1-3H3,(H,11,12,13,14). The molecule has 0 aliphatic rings. The Kier molecular flexibility index (Phi) is 3.00. The van der Waals surface area contributed by atoms with Crippen molar-refractivity contribution in [2.45, 2.75) is 6.92 Å². The Morgan fingerprint density at radius 2 is 2.12 bits per heavy atom. The molecule has 0 spiro atoms. The highest BCUT2D eigenvalue weighted by Gasteiger charge is 2.11. The van der Waals surface area contributed by atoms with E-state index in [2.05, 4.69) is 20.3 Å². The lowest BCUT2D eigenvalue weighted by atomic mass is 10.3. The van der Waals surface area contributed by atoms with Crippen LogP contribution in [0.25, 0.3) is 10.7 Å². The average Bonchev–Trinajstić information content (AvgIpc) is 2.74. The first-order valence-corrected chi connectivity index (χ1v) is 5.65. The van der Waals surface area contributed by atoms with E-state index in [1.807, 2.05) is 18.4 Å². The molecule has 0 saturated carbocycles. The maximum absolute atomic E-state index is 5.04. The van der Waals surface area contributed by atoms with Crippen LogP contribution in [0.2, 0.25) is 0 Å². The maximum atomic E-state index is 5.04. The van der Waals surface area contributed by atoms with Crippen LogP contribution in [0.3, 0.4) is 0 Å². The summed E-state index contributed by atoms with van der Waals surface area (Å²) in [5.41, 5.74) is 1.15. The van der Waals surface area contributed by atoms with E-state index in [9.17, 15) is 0 Å². The smallest absolute Gasteiger partial charge is 0.321 e. The van der Waals surface area contributed by atoms with E-state index in [1.54, 1.807) is 25.5 Å². The van der Waals surface area contributed by atoms with Gasteiger partial charge in [-0.3, -0.25) is 0 Å². The number of methoxy groups -OCH3 is 1. The summed E-state index contributed by atoms with van der Waals surface area (Å²) in [5.74, 6) is 1.15. The number of aromatic nitrogens is 3. The van der Waals surface area contributed by atoms with Gasteiger partial charge in [0.1, 0.15) is 0 Å². The summed E-state index contributed by atoms with van der Waals surface area (Å²) < 4.78 is 5.04. The van der Waals surface area contributed by atoms with Crippen LogP contribution in [0.15, 0.2) is 11.4 Å². The molecule has 5 nitrogen and oxygen atoms in total. The van der Waals surface area contributed by atoms with E-state index < -0.39 is 0 Å². The van der Waals surface area contributed by atoms with Gasteiger partial charge in [-0.05, 0) is 23.9 Å². The molecule has 84 valence electrons. The van der Waals surface area contributed by atoms with Gasteiger partial charge in [-0.1, -0.05) is 0 Å². The second-order valence-electron chi connectivity index (χ2n) is 3.15. The highest BCUT2D eigenvalue weighted by atomic mass is 32.1. The van der Waals surface area contributed by atoms with Crippen molar-refractivity contribution < 1.29 is 4.74 Å². The summed E-state index contributed by atoms with van der Waals surface area (Å²) in [6, 6.07) is 2.36. The number of anilines is 1. The monoisotopic (exact) mass is 236 g/mol. The van der Waals surface area contributed by atoms with E-state index in [1.165, 1.54) is 0 Å². The van der Waals surface area contributed by atoms with Crippen molar-refractivity contribution in [1.82, 2.24) is 15.0 Å². The number of hydrogen-bond acceptors (Lipinski definition) is 6. The zero-order valence-corrected chi connectivity index (χ0v) is 10.1. The zero-order valence-electron chi connectivity index (χ0n) is 9.31. The molecular weight excluding hydrogens is 224 g/mol. The van der Waals surface area contributed by atoms with Gasteiger partial charge in [0.2, 0.25) is 5.95 Å². The van der Waals surface area contributed by atoms with Crippen LogP contribution < -0.4 is 10.1 Å². The average molecular weight is 236 g/mol. The van der Waals surface area contributed by atoms with Gasteiger partial charge >= 0.3 is 6.01 Å². The molecule has 0 aliphatic heterocycles. The van der Waals surface area contributed by atoms with Gasteiger partial charge < -0.3 is 10.1 Å². The van der Waals surface area contributed by atoms with Gasteiger partial charge in [0, 0.05) is 7.05 Å². The van der Waals surface area contributed by atoms with Crippen LogP contribution in [-0.2, 0) is 0 Å². The molecule has 0 radical (unpaired) electrons. The first-order valence-electron chi connectivity index (χ1n) is 4.77. The second-order valence-corrected chi connectivity index (χ2v) is 4.07. The first kappa shape index (κ1) is 10.8. The van der Waals surface area contributed by atoms with E-state index in [0.717, 1.165) is 10.4 Å². The Hall–Kier alpha value is -1.69. The highest BCUT2D eigenvalue weighted by Crippen LogP contribution is 2.27. The van der Waals surface area contributed by atoms with Gasteiger partial charge in [-0.2, -0.15) is 15.0 Å². The number of thiophene rings is 1. The minimum atomic E-state index is 0.321. The van der Waals surface area contributed by atoms with Crippen molar-refractivity contribution in [1.29, 1.82) is 0 Å². The van der Waals surface area contributed by atoms with Gasteiger partial charge in [-0.25, -0.2) is 0 Å². The molecule has 2 heterocycles. The largest absolute Gasteiger partial charge is 0.467 e. The van der Waals surface area contributed by atoms with E-state index in [-0.39, 0.29) is 0 Å². The summed E-state index contributed by atoms with van der Waals surface area (Å²) >= 11 is 1.60. The van der Waals surface area contributed by atoms with Crippen molar-refractivity contribution in [3.8, 4) is 16.7 Å². The zero-order chi connectivity index (χ0) is 11.5. The minimum absolute atomic E-state index is 0.321. The number of hydrogen-bond donors (Lipinski definition) is 1. The van der Waals surface area contributed by atoms with Crippen molar-refractivity contribution in [3.05, 3.63) is 17.0 Å². The molecule has 1 N–H and O–H groups in total. The Balaban J connectivity index is 2.52. The van der Waals surface area contributed by atoms with Gasteiger partial charge in [-0.15, -0.1) is 11.3 Å². The third-order valence-electron chi connectivity index (χ3n) is 2.09. The normalized spacial score (nSPS) is 10.2. The fraction of sp³-hybridized carbons (Fsp3) is 0.300. The molecular formula is C10H12N4OS. The van der Waals surface area contributed by atoms with E-state index in [4.69, 9.17) is 4.74 Å². The molecule has 2 aromatic rings. The van der Waals surface area contributed by atoms with Crippen LogP contribution in [0, 0.1) is 6.92 Å². The quantitative estimate of drug-likeness (QED) is 0.882. The van der Waals surface area contributed by atoms with Crippen molar-refractivity contribution in [3.63, 3.8) is 0 Å². The molecule has 0 aliphatic carbocycles. The van der Waals surface area contributed by atoms with E-state index >= 15 is 0 Å². The Labute approximate surface area is 97.5 Å². The molecule has 0 saturated heterocycles. The number of ether oxygens (including phenoxy) is 1. The molecule has 0 fully saturated rings. The predicted molar refractivity (Wildman–Crippen MR) is 64.0 cm³/mol. The Bertz CT molecular complexity index is 475. The van der Waals surface area contributed by atoms with Crippen LogP contribution >= 0.6 is 11.3 Å². The van der Waals surface area contributed by atoms with Crippen molar-refractivity contribution >= 4 is 17.3 Å². The molecule has 6 heteroatoms. The van der Waals surface area contributed by atoms with Crippen molar-refractivity contribution in [2.24, 2.45) is 0 Å². The number of rotatable bonds is 3. The maximum Gasteiger partial charge on any atom is 0.321 e. The molecule has 2 rings (SSSR count). The fourth-order valence-corrected chi connectivity index (χ4v) is 2.12. The van der Waals surface area contributed by atoms with Crippen LogP contribution in [-0.4, -0.2) is 29.1 Å². The van der Waals surface area contributed by atoms with Gasteiger partial charge in [0.25, 0.3) is 0 Å². The fourth-order valence-electron chi connectivity index (χ4n) is 1.26. The third-order valence-corrected chi connectivity index (χ3v) is 3.10. The lowest BCUT2D eigenvalue weighted by Crippen LogP contribution is -2.02. The molecule has 16 heavy (non-hydrogen) atoms. The van der Waals surface area contributed by atoms with Crippen LogP contribution in [0.5, 0.6) is 6.01 Å². The molecule has 0 atom stereocenters. The first-order chi connectivity index (χ1) is 7.74. The van der Waals surface area contributed by atoms with Crippen LogP contribution in [0.1, 0.15) is 5.56 Å². The predicted octanol–water partition coefficient (Wildman–Crippen LogP) is 1.96.